The molecule has 1 atom stereocenters. The van der Waals surface area contributed by atoms with E-state index in [4.69, 9.17) is 4.42 Å². The van der Waals surface area contributed by atoms with Gasteiger partial charge in [-0.25, -0.2) is 8.78 Å². The minimum absolute atomic E-state index is 0.0403. The molecule has 0 aliphatic heterocycles. The summed E-state index contributed by atoms with van der Waals surface area (Å²) < 4.78 is 32.0. The van der Waals surface area contributed by atoms with Crippen LogP contribution in [0.2, 0.25) is 0 Å². The average Bonchev–Trinajstić information content (AvgIpc) is 2.84. The van der Waals surface area contributed by atoms with Gasteiger partial charge in [-0.05, 0) is 37.6 Å². The van der Waals surface area contributed by atoms with Gasteiger partial charge in [-0.3, -0.25) is 0 Å². The van der Waals surface area contributed by atoms with Crippen LogP contribution < -0.4 is 5.32 Å². The fourth-order valence-electron chi connectivity index (χ4n) is 1.79. The molecule has 0 bridgehead atoms. The molecule has 4 heteroatoms. The first-order valence-electron chi connectivity index (χ1n) is 5.85. The highest BCUT2D eigenvalue weighted by Crippen LogP contribution is 2.14. The average molecular weight is 251 g/mol. The van der Waals surface area contributed by atoms with Gasteiger partial charge in [0, 0.05) is 11.6 Å². The molecule has 96 valence electrons. The molecular weight excluding hydrogens is 236 g/mol. The quantitative estimate of drug-likeness (QED) is 0.882. The predicted molar refractivity (Wildman–Crippen MR) is 65.1 cm³/mol. The third-order valence-corrected chi connectivity index (χ3v) is 2.78. The zero-order valence-electron chi connectivity index (χ0n) is 10.1. The lowest BCUT2D eigenvalue weighted by atomic mass is 10.1. The lowest BCUT2D eigenvalue weighted by Gasteiger charge is -2.13. The van der Waals surface area contributed by atoms with Crippen molar-refractivity contribution in [2.45, 2.75) is 25.9 Å². The van der Waals surface area contributed by atoms with Gasteiger partial charge < -0.3 is 9.73 Å². The van der Waals surface area contributed by atoms with Crippen molar-refractivity contribution in [3.8, 4) is 0 Å². The third-order valence-electron chi connectivity index (χ3n) is 2.78. The highest BCUT2D eigenvalue weighted by Gasteiger charge is 2.12. The molecule has 2 aromatic rings. The SMILES string of the molecule is CC(Cc1c(F)cccc1F)NCc1ccco1. The molecule has 1 unspecified atom stereocenters. The van der Waals surface area contributed by atoms with E-state index in [1.165, 1.54) is 18.2 Å². The Morgan fingerprint density at radius 3 is 2.50 bits per heavy atom. The number of hydrogen-bond donors (Lipinski definition) is 1. The van der Waals surface area contributed by atoms with E-state index in [1.807, 2.05) is 13.0 Å². The zero-order valence-corrected chi connectivity index (χ0v) is 10.1. The molecule has 18 heavy (non-hydrogen) atoms. The van der Waals surface area contributed by atoms with E-state index in [-0.39, 0.29) is 11.6 Å². The van der Waals surface area contributed by atoms with E-state index in [1.54, 1.807) is 12.3 Å². The third kappa shape index (κ3) is 3.17. The van der Waals surface area contributed by atoms with E-state index in [0.29, 0.717) is 13.0 Å². The second-order valence-corrected chi connectivity index (χ2v) is 4.27. The van der Waals surface area contributed by atoms with Crippen LogP contribution in [-0.4, -0.2) is 6.04 Å². The molecule has 2 nitrogen and oxygen atoms in total. The number of nitrogens with one attached hydrogen (secondary N) is 1. The van der Waals surface area contributed by atoms with Gasteiger partial charge in [0.2, 0.25) is 0 Å². The first-order valence-corrected chi connectivity index (χ1v) is 5.85. The van der Waals surface area contributed by atoms with Crippen LogP contribution in [0.5, 0.6) is 0 Å². The topological polar surface area (TPSA) is 25.2 Å². The van der Waals surface area contributed by atoms with Crippen LogP contribution in [0.15, 0.2) is 41.0 Å². The highest BCUT2D eigenvalue weighted by molar-refractivity contribution is 5.20. The van der Waals surface area contributed by atoms with Gasteiger partial charge >= 0.3 is 0 Å². The molecule has 0 fully saturated rings. The Kier molecular flexibility index (Phi) is 4.10. The van der Waals surface area contributed by atoms with Gasteiger partial charge in [0.1, 0.15) is 17.4 Å². The predicted octanol–water partition coefficient (Wildman–Crippen LogP) is 3.28. The van der Waals surface area contributed by atoms with E-state index in [2.05, 4.69) is 5.32 Å². The van der Waals surface area contributed by atoms with Crippen molar-refractivity contribution in [2.24, 2.45) is 0 Å². The fourth-order valence-corrected chi connectivity index (χ4v) is 1.79. The van der Waals surface area contributed by atoms with Gasteiger partial charge in [0.25, 0.3) is 0 Å². The number of furan rings is 1. The van der Waals surface area contributed by atoms with E-state index in [9.17, 15) is 8.78 Å². The molecule has 0 amide bonds. The summed E-state index contributed by atoms with van der Waals surface area (Å²) in [6.45, 7) is 2.43. The summed E-state index contributed by atoms with van der Waals surface area (Å²) >= 11 is 0. The van der Waals surface area contributed by atoms with Gasteiger partial charge in [0.05, 0.1) is 12.8 Å². The van der Waals surface area contributed by atoms with E-state index in [0.717, 1.165) is 5.76 Å². The first-order chi connectivity index (χ1) is 8.66. The van der Waals surface area contributed by atoms with Crippen LogP contribution in [-0.2, 0) is 13.0 Å². The molecule has 2 rings (SSSR count). The van der Waals surface area contributed by atoms with E-state index >= 15 is 0 Å². The summed E-state index contributed by atoms with van der Waals surface area (Å²) in [5.74, 6) is -0.195. The summed E-state index contributed by atoms with van der Waals surface area (Å²) in [5.41, 5.74) is 0.122. The number of benzene rings is 1. The van der Waals surface area contributed by atoms with Crippen molar-refractivity contribution in [2.75, 3.05) is 0 Å². The molecular formula is C14H15F2NO. The molecule has 0 saturated heterocycles. The van der Waals surface area contributed by atoms with Crippen LogP contribution in [0.25, 0.3) is 0 Å². The molecule has 1 heterocycles. The molecule has 1 N–H and O–H groups in total. The largest absolute Gasteiger partial charge is 0.468 e. The normalized spacial score (nSPS) is 12.6. The van der Waals surface area contributed by atoms with Crippen LogP contribution >= 0.6 is 0 Å². The smallest absolute Gasteiger partial charge is 0.129 e. The van der Waals surface area contributed by atoms with Crippen LogP contribution in [0.3, 0.4) is 0 Å². The Hall–Kier alpha value is -1.68. The van der Waals surface area contributed by atoms with Crippen molar-refractivity contribution < 1.29 is 13.2 Å². The molecule has 1 aromatic carbocycles. The summed E-state index contributed by atoms with van der Waals surface area (Å²) in [6.07, 6.45) is 1.90. The van der Waals surface area contributed by atoms with Crippen molar-refractivity contribution in [1.29, 1.82) is 0 Å². The van der Waals surface area contributed by atoms with Gasteiger partial charge in [0.15, 0.2) is 0 Å². The van der Waals surface area contributed by atoms with Crippen molar-refractivity contribution in [3.05, 3.63) is 59.6 Å². The molecule has 0 aliphatic rings. The highest BCUT2D eigenvalue weighted by atomic mass is 19.1. The number of rotatable bonds is 5. The number of hydrogen-bond acceptors (Lipinski definition) is 2. The lowest BCUT2D eigenvalue weighted by Crippen LogP contribution is -2.28. The van der Waals surface area contributed by atoms with Gasteiger partial charge in [-0.1, -0.05) is 6.07 Å². The minimum atomic E-state index is -0.498. The van der Waals surface area contributed by atoms with Crippen LogP contribution in [0.1, 0.15) is 18.2 Å². The maximum atomic E-state index is 13.4. The fraction of sp³-hybridized carbons (Fsp3) is 0.286. The summed E-state index contributed by atoms with van der Waals surface area (Å²) in [7, 11) is 0. The second kappa shape index (κ2) is 5.78. The van der Waals surface area contributed by atoms with Crippen molar-refractivity contribution >= 4 is 0 Å². The van der Waals surface area contributed by atoms with E-state index < -0.39 is 11.6 Å². The Balaban J connectivity index is 1.92. The molecule has 1 aromatic heterocycles. The molecule has 0 aliphatic carbocycles. The van der Waals surface area contributed by atoms with Gasteiger partial charge in [-0.15, -0.1) is 0 Å². The van der Waals surface area contributed by atoms with Crippen LogP contribution in [0.4, 0.5) is 8.78 Å². The monoisotopic (exact) mass is 251 g/mol. The summed E-state index contributed by atoms with van der Waals surface area (Å²) in [4.78, 5) is 0. The molecule has 0 radical (unpaired) electrons. The van der Waals surface area contributed by atoms with Crippen LogP contribution in [0, 0.1) is 11.6 Å². The van der Waals surface area contributed by atoms with Crippen molar-refractivity contribution in [3.63, 3.8) is 0 Å². The van der Waals surface area contributed by atoms with Crippen molar-refractivity contribution in [1.82, 2.24) is 5.32 Å². The minimum Gasteiger partial charge on any atom is -0.468 e. The molecule has 0 spiro atoms. The Bertz CT molecular complexity index is 476. The van der Waals surface area contributed by atoms with Gasteiger partial charge in [-0.2, -0.15) is 0 Å². The Labute approximate surface area is 105 Å². The zero-order chi connectivity index (χ0) is 13.0. The standard InChI is InChI=1S/C14H15F2NO/c1-10(17-9-11-4-3-7-18-11)8-12-13(15)5-2-6-14(12)16/h2-7,10,17H,8-9H2,1H3. The summed E-state index contributed by atoms with van der Waals surface area (Å²) in [6, 6.07) is 7.54. The maximum Gasteiger partial charge on any atom is 0.129 e. The first kappa shape index (κ1) is 12.8. The summed E-state index contributed by atoms with van der Waals surface area (Å²) in [5, 5.41) is 3.16. The maximum absolute atomic E-state index is 13.4. The molecule has 0 saturated carbocycles. The lowest BCUT2D eigenvalue weighted by molar-refractivity contribution is 0.445. The number of halogens is 2. The Morgan fingerprint density at radius 1 is 1.17 bits per heavy atom. The second-order valence-electron chi connectivity index (χ2n) is 4.27. The Morgan fingerprint density at radius 2 is 1.89 bits per heavy atom.